The average Bonchev–Trinajstić information content (AvgIpc) is 2.18. The van der Waals surface area contributed by atoms with E-state index in [9.17, 15) is 5.11 Å². The molecule has 86 valence electrons. The van der Waals surface area contributed by atoms with Crippen molar-refractivity contribution in [3.63, 3.8) is 0 Å². The SMILES string of the molecule is CCC(C#N)C(C)(O)c1ccc(Br)cc1Cl. The second kappa shape index (κ2) is 5.18. The number of nitriles is 1. The van der Waals surface area contributed by atoms with Crippen molar-refractivity contribution in [2.45, 2.75) is 25.9 Å². The van der Waals surface area contributed by atoms with Gasteiger partial charge in [0.05, 0.1) is 12.0 Å². The van der Waals surface area contributed by atoms with Gasteiger partial charge in [-0.15, -0.1) is 0 Å². The van der Waals surface area contributed by atoms with Gasteiger partial charge in [-0.25, -0.2) is 0 Å². The van der Waals surface area contributed by atoms with Crippen LogP contribution in [0, 0.1) is 17.2 Å². The molecule has 0 saturated heterocycles. The maximum atomic E-state index is 10.4. The number of benzene rings is 1. The molecule has 16 heavy (non-hydrogen) atoms. The Balaban J connectivity index is 3.21. The Labute approximate surface area is 109 Å². The molecule has 0 aliphatic carbocycles. The van der Waals surface area contributed by atoms with E-state index in [2.05, 4.69) is 22.0 Å². The minimum Gasteiger partial charge on any atom is -0.384 e. The summed E-state index contributed by atoms with van der Waals surface area (Å²) in [7, 11) is 0. The van der Waals surface area contributed by atoms with Crippen LogP contribution in [0.4, 0.5) is 0 Å². The Bertz CT molecular complexity index is 426. The molecule has 4 heteroatoms. The molecule has 0 heterocycles. The number of rotatable bonds is 3. The number of hydrogen-bond acceptors (Lipinski definition) is 2. The predicted octanol–water partition coefficient (Wildman–Crippen LogP) is 3.86. The zero-order valence-electron chi connectivity index (χ0n) is 9.17. The molecule has 2 unspecified atom stereocenters. The van der Waals surface area contributed by atoms with Crippen LogP contribution < -0.4 is 0 Å². The lowest BCUT2D eigenvalue weighted by molar-refractivity contribution is 0.0152. The molecule has 1 rings (SSSR count). The van der Waals surface area contributed by atoms with E-state index in [0.29, 0.717) is 17.0 Å². The van der Waals surface area contributed by atoms with Gasteiger partial charge in [0.15, 0.2) is 0 Å². The first-order chi connectivity index (χ1) is 7.43. The van der Waals surface area contributed by atoms with Crippen molar-refractivity contribution in [1.29, 1.82) is 5.26 Å². The molecule has 0 aromatic heterocycles. The van der Waals surface area contributed by atoms with Crippen molar-refractivity contribution in [1.82, 2.24) is 0 Å². The number of nitrogens with zero attached hydrogens (tertiary/aromatic N) is 1. The highest BCUT2D eigenvalue weighted by atomic mass is 79.9. The molecule has 0 aliphatic rings. The molecule has 0 aliphatic heterocycles. The van der Waals surface area contributed by atoms with E-state index in [1.54, 1.807) is 25.1 Å². The standard InChI is InChI=1S/C12H13BrClNO/c1-3-8(7-15)12(2,16)10-5-4-9(13)6-11(10)14/h4-6,8,16H,3H2,1-2H3. The summed E-state index contributed by atoms with van der Waals surface area (Å²) in [5.74, 6) is -0.467. The lowest BCUT2D eigenvalue weighted by Gasteiger charge is -2.29. The molecule has 0 radical (unpaired) electrons. The molecule has 1 aromatic carbocycles. The molecule has 1 N–H and O–H groups in total. The van der Waals surface area contributed by atoms with E-state index in [1.165, 1.54) is 0 Å². The molecule has 0 amide bonds. The van der Waals surface area contributed by atoms with Gasteiger partial charge in [0.1, 0.15) is 5.60 Å². The average molecular weight is 303 g/mol. The van der Waals surface area contributed by atoms with E-state index in [1.807, 2.05) is 6.92 Å². The van der Waals surface area contributed by atoms with Crippen LogP contribution in [-0.2, 0) is 5.60 Å². The van der Waals surface area contributed by atoms with Crippen LogP contribution in [0.25, 0.3) is 0 Å². The van der Waals surface area contributed by atoms with E-state index in [0.717, 1.165) is 4.47 Å². The van der Waals surface area contributed by atoms with Crippen molar-refractivity contribution in [3.05, 3.63) is 33.3 Å². The minimum absolute atomic E-state index is 0.466. The first kappa shape index (κ1) is 13.5. The van der Waals surface area contributed by atoms with Crippen LogP contribution in [0.15, 0.2) is 22.7 Å². The third-order valence-corrected chi connectivity index (χ3v) is 3.52. The van der Waals surface area contributed by atoms with Crippen LogP contribution in [0.2, 0.25) is 5.02 Å². The summed E-state index contributed by atoms with van der Waals surface area (Å²) in [6.45, 7) is 3.49. The number of hydrogen-bond donors (Lipinski definition) is 1. The molecule has 0 spiro atoms. The maximum Gasteiger partial charge on any atom is 0.104 e. The van der Waals surface area contributed by atoms with Gasteiger partial charge in [-0.05, 0) is 25.5 Å². The normalized spacial score (nSPS) is 16.2. The van der Waals surface area contributed by atoms with Gasteiger partial charge in [0.2, 0.25) is 0 Å². The quantitative estimate of drug-likeness (QED) is 0.921. The Morgan fingerprint density at radius 2 is 2.25 bits per heavy atom. The largest absolute Gasteiger partial charge is 0.384 e. The van der Waals surface area contributed by atoms with Crippen LogP contribution in [0.3, 0.4) is 0 Å². The molecule has 2 nitrogen and oxygen atoms in total. The highest BCUT2D eigenvalue weighted by molar-refractivity contribution is 9.10. The molecular formula is C12H13BrClNO. The summed E-state index contributed by atoms with van der Waals surface area (Å²) >= 11 is 9.38. The zero-order valence-corrected chi connectivity index (χ0v) is 11.5. The predicted molar refractivity (Wildman–Crippen MR) is 68.1 cm³/mol. The van der Waals surface area contributed by atoms with E-state index in [-0.39, 0.29) is 0 Å². The first-order valence-electron chi connectivity index (χ1n) is 5.01. The summed E-state index contributed by atoms with van der Waals surface area (Å²) in [6.07, 6.45) is 0.579. The van der Waals surface area contributed by atoms with Gasteiger partial charge >= 0.3 is 0 Å². The molecule has 0 bridgehead atoms. The van der Waals surface area contributed by atoms with Crippen molar-refractivity contribution in [2.24, 2.45) is 5.92 Å². The van der Waals surface area contributed by atoms with E-state index < -0.39 is 11.5 Å². The van der Waals surface area contributed by atoms with Crippen molar-refractivity contribution < 1.29 is 5.11 Å². The third-order valence-electron chi connectivity index (χ3n) is 2.72. The highest BCUT2D eigenvalue weighted by Crippen LogP contribution is 2.36. The van der Waals surface area contributed by atoms with Gasteiger partial charge in [-0.3, -0.25) is 0 Å². The van der Waals surface area contributed by atoms with Crippen molar-refractivity contribution >= 4 is 27.5 Å². The lowest BCUT2D eigenvalue weighted by Crippen LogP contribution is -2.30. The fourth-order valence-electron chi connectivity index (χ4n) is 1.70. The van der Waals surface area contributed by atoms with Crippen molar-refractivity contribution in [3.8, 4) is 6.07 Å². The monoisotopic (exact) mass is 301 g/mol. The van der Waals surface area contributed by atoms with E-state index >= 15 is 0 Å². The Kier molecular flexibility index (Phi) is 4.37. The molecule has 2 atom stereocenters. The molecular weight excluding hydrogens is 289 g/mol. The summed E-state index contributed by atoms with van der Waals surface area (Å²) < 4.78 is 0.849. The number of halogens is 2. The van der Waals surface area contributed by atoms with Crippen LogP contribution >= 0.6 is 27.5 Å². The van der Waals surface area contributed by atoms with Crippen LogP contribution in [0.5, 0.6) is 0 Å². The highest BCUT2D eigenvalue weighted by Gasteiger charge is 2.34. The second-order valence-corrected chi connectivity index (χ2v) is 5.18. The Morgan fingerprint density at radius 3 is 2.69 bits per heavy atom. The minimum atomic E-state index is -1.22. The van der Waals surface area contributed by atoms with Crippen LogP contribution in [0.1, 0.15) is 25.8 Å². The maximum absolute atomic E-state index is 10.4. The number of aliphatic hydroxyl groups is 1. The summed E-state index contributed by atoms with van der Waals surface area (Å²) in [5.41, 5.74) is -0.632. The molecule has 0 fully saturated rings. The van der Waals surface area contributed by atoms with Gasteiger partial charge < -0.3 is 5.11 Å². The fourth-order valence-corrected chi connectivity index (χ4v) is 2.57. The van der Waals surface area contributed by atoms with Gasteiger partial charge in [0, 0.05) is 15.1 Å². The smallest absolute Gasteiger partial charge is 0.104 e. The van der Waals surface area contributed by atoms with Gasteiger partial charge in [-0.2, -0.15) is 5.26 Å². The summed E-state index contributed by atoms with van der Waals surface area (Å²) in [6, 6.07) is 7.38. The zero-order chi connectivity index (χ0) is 12.3. The Hall–Kier alpha value is -0.560. The van der Waals surface area contributed by atoms with Gasteiger partial charge in [-0.1, -0.05) is 40.5 Å². The summed E-state index contributed by atoms with van der Waals surface area (Å²) in [5, 5.41) is 19.9. The van der Waals surface area contributed by atoms with E-state index in [4.69, 9.17) is 16.9 Å². The molecule has 0 saturated carbocycles. The second-order valence-electron chi connectivity index (χ2n) is 3.86. The third kappa shape index (κ3) is 2.57. The molecule has 1 aromatic rings. The van der Waals surface area contributed by atoms with Gasteiger partial charge in [0.25, 0.3) is 0 Å². The first-order valence-corrected chi connectivity index (χ1v) is 6.18. The fraction of sp³-hybridized carbons (Fsp3) is 0.417. The van der Waals surface area contributed by atoms with Crippen molar-refractivity contribution in [2.75, 3.05) is 0 Å². The lowest BCUT2D eigenvalue weighted by atomic mass is 9.82. The van der Waals surface area contributed by atoms with Crippen LogP contribution in [-0.4, -0.2) is 5.11 Å². The Morgan fingerprint density at radius 1 is 1.62 bits per heavy atom. The topological polar surface area (TPSA) is 44.0 Å². The summed E-state index contributed by atoms with van der Waals surface area (Å²) in [4.78, 5) is 0.